The van der Waals surface area contributed by atoms with Gasteiger partial charge in [0.25, 0.3) is 5.69 Å². The van der Waals surface area contributed by atoms with E-state index in [1.165, 1.54) is 36.7 Å². The van der Waals surface area contributed by atoms with E-state index in [4.69, 9.17) is 0 Å². The van der Waals surface area contributed by atoms with Gasteiger partial charge in [-0.1, -0.05) is 24.3 Å². The van der Waals surface area contributed by atoms with Crippen LogP contribution in [-0.2, 0) is 11.0 Å². The zero-order valence-corrected chi connectivity index (χ0v) is 18.3. The summed E-state index contributed by atoms with van der Waals surface area (Å²) in [5, 5.41) is 14.0. The molecule has 0 saturated carbocycles. The fourth-order valence-electron chi connectivity index (χ4n) is 4.06. The van der Waals surface area contributed by atoms with Gasteiger partial charge < -0.3 is 10.3 Å². The van der Waals surface area contributed by atoms with Crippen LogP contribution in [0.15, 0.2) is 84.2 Å². The summed E-state index contributed by atoms with van der Waals surface area (Å²) in [6.07, 6.45) is -1.39. The van der Waals surface area contributed by atoms with Gasteiger partial charge in [-0.15, -0.1) is 0 Å². The first-order valence-electron chi connectivity index (χ1n) is 10.6. The van der Waals surface area contributed by atoms with E-state index in [1.54, 1.807) is 24.4 Å². The molecule has 5 rings (SSSR count). The lowest BCUT2D eigenvalue weighted by Gasteiger charge is -2.15. The van der Waals surface area contributed by atoms with E-state index < -0.39 is 28.5 Å². The highest BCUT2D eigenvalue weighted by Gasteiger charge is 2.37. The van der Waals surface area contributed by atoms with Gasteiger partial charge in [-0.25, -0.2) is 4.98 Å². The van der Waals surface area contributed by atoms with Crippen molar-refractivity contribution < 1.29 is 22.9 Å². The molecule has 3 aromatic carbocycles. The second kappa shape index (κ2) is 8.77. The molecule has 1 aliphatic heterocycles. The molecule has 1 atom stereocenters. The van der Waals surface area contributed by atoms with E-state index in [1.807, 2.05) is 6.07 Å². The zero-order chi connectivity index (χ0) is 25.4. The third kappa shape index (κ3) is 4.33. The predicted octanol–water partition coefficient (Wildman–Crippen LogP) is 5.86. The molecule has 0 radical (unpaired) electrons. The number of hydrogen-bond acceptors (Lipinski definition) is 5. The average Bonchev–Trinajstić information content (AvgIpc) is 3.50. The number of nitro benzene ring substituents is 1. The Morgan fingerprint density at radius 3 is 2.50 bits per heavy atom. The van der Waals surface area contributed by atoms with Gasteiger partial charge in [0, 0.05) is 28.9 Å². The van der Waals surface area contributed by atoms with E-state index in [-0.39, 0.29) is 17.0 Å². The van der Waals surface area contributed by atoms with E-state index >= 15 is 0 Å². The minimum atomic E-state index is -4.54. The molecule has 11 heteroatoms. The Bertz CT molecular complexity index is 1500. The number of alkyl halides is 3. The highest BCUT2D eigenvalue weighted by molar-refractivity contribution is 6.24. The summed E-state index contributed by atoms with van der Waals surface area (Å²) in [5.41, 5.74) is 1.97. The summed E-state index contributed by atoms with van der Waals surface area (Å²) in [4.78, 5) is 35.5. The number of H-pyrrole nitrogens is 1. The number of rotatable bonds is 5. The maximum Gasteiger partial charge on any atom is 0.416 e. The molecule has 1 unspecified atom stereocenters. The number of amides is 1. The smallest absolute Gasteiger partial charge is 0.345 e. The summed E-state index contributed by atoms with van der Waals surface area (Å²) < 4.78 is 39.5. The maximum absolute atomic E-state index is 13.2. The number of benzene rings is 3. The van der Waals surface area contributed by atoms with Crippen molar-refractivity contribution in [2.45, 2.75) is 12.1 Å². The first kappa shape index (κ1) is 23.0. The number of aromatic nitrogens is 2. The summed E-state index contributed by atoms with van der Waals surface area (Å²) in [7, 11) is 0. The van der Waals surface area contributed by atoms with E-state index in [9.17, 15) is 28.1 Å². The van der Waals surface area contributed by atoms with E-state index in [0.717, 1.165) is 23.4 Å². The second-order valence-corrected chi connectivity index (χ2v) is 8.04. The Labute approximate surface area is 201 Å². The van der Waals surface area contributed by atoms with Crippen molar-refractivity contribution in [2.24, 2.45) is 4.99 Å². The number of non-ortho nitro benzene ring substituents is 1. The number of nitrogens with zero attached hydrogens (tertiary/aromatic N) is 3. The third-order valence-electron chi connectivity index (χ3n) is 5.76. The normalized spacial score (nSPS) is 15.5. The van der Waals surface area contributed by atoms with Gasteiger partial charge in [-0.3, -0.25) is 19.9 Å². The van der Waals surface area contributed by atoms with E-state index in [0.29, 0.717) is 16.9 Å². The number of fused-ring (bicyclic) bond motifs is 1. The van der Waals surface area contributed by atoms with Crippen LogP contribution in [0, 0.1) is 10.1 Å². The number of aromatic amines is 1. The van der Waals surface area contributed by atoms with E-state index in [2.05, 4.69) is 20.3 Å². The molecule has 1 aromatic heterocycles. The van der Waals surface area contributed by atoms with Crippen LogP contribution in [0.3, 0.4) is 0 Å². The Balaban J connectivity index is 1.66. The Kier molecular flexibility index (Phi) is 5.59. The molecule has 180 valence electrons. The number of halogens is 3. The molecule has 36 heavy (non-hydrogen) atoms. The quantitative estimate of drug-likeness (QED) is 0.207. The van der Waals surface area contributed by atoms with Gasteiger partial charge in [0.05, 0.1) is 40.1 Å². The third-order valence-corrected chi connectivity index (χ3v) is 5.76. The summed E-state index contributed by atoms with van der Waals surface area (Å²) in [6.45, 7) is 0. The van der Waals surface area contributed by atoms with Crippen molar-refractivity contribution >= 4 is 28.7 Å². The molecule has 8 nitrogen and oxygen atoms in total. The minimum Gasteiger partial charge on any atom is -0.345 e. The van der Waals surface area contributed by atoms with Gasteiger partial charge in [0.1, 0.15) is 5.92 Å². The van der Waals surface area contributed by atoms with Gasteiger partial charge in [-0.05, 0) is 35.9 Å². The van der Waals surface area contributed by atoms with Crippen molar-refractivity contribution in [3.8, 4) is 11.3 Å². The molecule has 0 saturated heterocycles. The lowest BCUT2D eigenvalue weighted by Crippen LogP contribution is -2.22. The molecule has 1 aliphatic rings. The van der Waals surface area contributed by atoms with Gasteiger partial charge >= 0.3 is 6.18 Å². The molecule has 2 heterocycles. The van der Waals surface area contributed by atoms with Crippen LogP contribution in [0.25, 0.3) is 11.3 Å². The fourth-order valence-corrected chi connectivity index (χ4v) is 4.06. The maximum atomic E-state index is 13.2. The number of imidazole rings is 1. The molecule has 0 aliphatic carbocycles. The number of carbonyl (C=O) groups is 1. The Morgan fingerprint density at radius 1 is 1.06 bits per heavy atom. The molecule has 0 spiro atoms. The van der Waals surface area contributed by atoms with Crippen LogP contribution < -0.4 is 5.32 Å². The molecule has 0 bridgehead atoms. The van der Waals surface area contributed by atoms with Gasteiger partial charge in [-0.2, -0.15) is 13.2 Å². The molecule has 4 aromatic rings. The van der Waals surface area contributed by atoms with Crippen molar-refractivity contribution in [1.82, 2.24) is 9.97 Å². The van der Waals surface area contributed by atoms with Gasteiger partial charge in [0.15, 0.2) is 0 Å². The monoisotopic (exact) mass is 491 g/mol. The second-order valence-electron chi connectivity index (χ2n) is 8.04. The highest BCUT2D eigenvalue weighted by atomic mass is 19.4. The largest absolute Gasteiger partial charge is 0.416 e. The number of anilines is 1. The first-order valence-corrected chi connectivity index (χ1v) is 10.6. The Hall–Kier alpha value is -4.80. The first-order chi connectivity index (χ1) is 17.2. The van der Waals surface area contributed by atoms with Gasteiger partial charge in [0.2, 0.25) is 5.91 Å². The van der Waals surface area contributed by atoms with Crippen molar-refractivity contribution in [3.63, 3.8) is 0 Å². The molecule has 1 amide bonds. The van der Waals surface area contributed by atoms with Crippen LogP contribution in [0.4, 0.5) is 30.2 Å². The molecular weight excluding hydrogens is 475 g/mol. The molecule has 0 fully saturated rings. The number of nitro groups is 1. The summed E-state index contributed by atoms with van der Waals surface area (Å²) in [5.74, 6) is -1.57. The number of nitrogens with one attached hydrogen (secondary N) is 2. The summed E-state index contributed by atoms with van der Waals surface area (Å²) >= 11 is 0. The van der Waals surface area contributed by atoms with Crippen LogP contribution in [0.5, 0.6) is 0 Å². The zero-order valence-electron chi connectivity index (χ0n) is 18.3. The lowest BCUT2D eigenvalue weighted by atomic mass is 9.90. The fraction of sp³-hybridized carbons (Fsp3) is 0.0800. The number of aliphatic imine (C=N–C) groups is 1. The SMILES string of the molecule is O=C1Nc2ccc([N+](=O)[O-])cc2C1C(=Nc1cccc(-c2cnc[nH]2)c1)c1ccc(C(F)(F)F)cc1. The minimum absolute atomic E-state index is 0.155. The predicted molar refractivity (Wildman–Crippen MR) is 126 cm³/mol. The molecular formula is C25H16F3N5O3. The van der Waals surface area contributed by atoms with Crippen molar-refractivity contribution in [3.05, 3.63) is 106 Å². The van der Waals surface area contributed by atoms with Crippen LogP contribution >= 0.6 is 0 Å². The lowest BCUT2D eigenvalue weighted by molar-refractivity contribution is -0.384. The Morgan fingerprint density at radius 2 is 1.83 bits per heavy atom. The van der Waals surface area contributed by atoms with Crippen LogP contribution in [0.2, 0.25) is 0 Å². The van der Waals surface area contributed by atoms with Crippen molar-refractivity contribution in [2.75, 3.05) is 5.32 Å². The highest BCUT2D eigenvalue weighted by Crippen LogP contribution is 2.39. The standard InChI is InChI=1S/C25H16F3N5O3/c26-25(27,28)16-6-4-14(5-7-16)23(31-17-3-1-2-15(10-17)21-12-29-13-30-21)22-19-11-18(33(35)36)8-9-20(19)32-24(22)34/h1-13,22H,(H,29,30)(H,32,34). The topological polar surface area (TPSA) is 113 Å². The van der Waals surface area contributed by atoms with Crippen LogP contribution in [0.1, 0.15) is 22.6 Å². The summed E-state index contributed by atoms with van der Waals surface area (Å²) in [6, 6.07) is 15.3. The number of carbonyl (C=O) groups excluding carboxylic acids is 1. The van der Waals surface area contributed by atoms with Crippen LogP contribution in [-0.4, -0.2) is 26.5 Å². The molecule has 2 N–H and O–H groups in total. The number of hydrogen-bond donors (Lipinski definition) is 2. The average molecular weight is 491 g/mol. The van der Waals surface area contributed by atoms with Crippen molar-refractivity contribution in [1.29, 1.82) is 0 Å².